The fourth-order valence-electron chi connectivity index (χ4n) is 2.73. The second-order valence-electron chi connectivity index (χ2n) is 5.99. The summed E-state index contributed by atoms with van der Waals surface area (Å²) in [5.74, 6) is 1.85. The number of amides is 1. The average molecular weight is 306 g/mol. The van der Waals surface area contributed by atoms with Crippen molar-refractivity contribution in [3.63, 3.8) is 0 Å². The minimum Gasteiger partial charge on any atom is -0.322 e. The van der Waals surface area contributed by atoms with Gasteiger partial charge in [-0.15, -0.1) is 0 Å². The van der Waals surface area contributed by atoms with Crippen LogP contribution in [0.5, 0.6) is 0 Å². The number of nitrogens with one attached hydrogen (secondary N) is 1. The summed E-state index contributed by atoms with van der Waals surface area (Å²) in [7, 11) is 0. The van der Waals surface area contributed by atoms with Gasteiger partial charge in [-0.1, -0.05) is 38.1 Å². The molecular formula is C17H26N2OS. The van der Waals surface area contributed by atoms with E-state index in [9.17, 15) is 4.79 Å². The summed E-state index contributed by atoms with van der Waals surface area (Å²) in [5, 5.41) is 3.42. The number of carbonyl (C=O) groups excluding carboxylic acids is 1. The van der Waals surface area contributed by atoms with Crippen LogP contribution in [0.4, 0.5) is 0 Å². The Hall–Kier alpha value is -1.00. The lowest BCUT2D eigenvalue weighted by Crippen LogP contribution is -2.31. The Kier molecular flexibility index (Phi) is 5.71. The van der Waals surface area contributed by atoms with Gasteiger partial charge in [-0.3, -0.25) is 10.1 Å². The summed E-state index contributed by atoms with van der Waals surface area (Å²) in [5.41, 5.74) is 2.52. The lowest BCUT2D eigenvalue weighted by atomic mass is 10.0. The zero-order valence-corrected chi connectivity index (χ0v) is 14.2. The van der Waals surface area contributed by atoms with Crippen molar-refractivity contribution in [3.05, 3.63) is 35.4 Å². The number of hydrogen-bond acceptors (Lipinski definition) is 3. The molecule has 1 fully saturated rings. The van der Waals surface area contributed by atoms with Crippen molar-refractivity contribution < 1.29 is 4.79 Å². The monoisotopic (exact) mass is 306 g/mol. The average Bonchev–Trinajstić information content (AvgIpc) is 2.76. The van der Waals surface area contributed by atoms with Crippen molar-refractivity contribution in [1.29, 1.82) is 0 Å². The van der Waals surface area contributed by atoms with E-state index in [0.29, 0.717) is 5.92 Å². The van der Waals surface area contributed by atoms with Crippen molar-refractivity contribution in [2.75, 3.05) is 18.6 Å². The van der Waals surface area contributed by atoms with Crippen LogP contribution >= 0.6 is 11.8 Å². The van der Waals surface area contributed by atoms with Gasteiger partial charge in [-0.25, -0.2) is 0 Å². The predicted molar refractivity (Wildman–Crippen MR) is 90.6 cm³/mol. The quantitative estimate of drug-likeness (QED) is 0.818. The molecule has 1 aliphatic heterocycles. The van der Waals surface area contributed by atoms with Crippen LogP contribution in [0.1, 0.15) is 50.4 Å². The Balaban J connectivity index is 2.13. The maximum atomic E-state index is 12.3. The van der Waals surface area contributed by atoms with Gasteiger partial charge in [0.2, 0.25) is 5.91 Å². The van der Waals surface area contributed by atoms with Crippen molar-refractivity contribution in [1.82, 2.24) is 10.2 Å². The molecular weight excluding hydrogens is 280 g/mol. The van der Waals surface area contributed by atoms with Crippen molar-refractivity contribution >= 4 is 17.7 Å². The van der Waals surface area contributed by atoms with E-state index in [1.165, 1.54) is 11.1 Å². The molecule has 1 heterocycles. The molecule has 0 radical (unpaired) electrons. The highest BCUT2D eigenvalue weighted by molar-refractivity contribution is 7.98. The predicted octanol–water partition coefficient (Wildman–Crippen LogP) is 3.38. The first-order chi connectivity index (χ1) is 10.0. The molecule has 1 amide bonds. The molecule has 0 saturated carbocycles. The molecule has 0 bridgehead atoms. The van der Waals surface area contributed by atoms with E-state index in [-0.39, 0.29) is 18.1 Å². The summed E-state index contributed by atoms with van der Waals surface area (Å²) in [6.07, 6.45) is 3.17. The number of thioether (sulfide) groups is 1. The number of rotatable bonds is 6. The first kappa shape index (κ1) is 16.4. The number of carbonyl (C=O) groups is 1. The van der Waals surface area contributed by atoms with E-state index in [4.69, 9.17) is 0 Å². The van der Waals surface area contributed by atoms with Crippen LogP contribution < -0.4 is 5.32 Å². The van der Waals surface area contributed by atoms with Gasteiger partial charge in [0.25, 0.3) is 0 Å². The molecule has 4 heteroatoms. The molecule has 1 aromatic carbocycles. The van der Waals surface area contributed by atoms with Gasteiger partial charge in [0.05, 0.1) is 6.04 Å². The molecule has 0 aromatic heterocycles. The van der Waals surface area contributed by atoms with Crippen molar-refractivity contribution in [3.8, 4) is 0 Å². The highest BCUT2D eigenvalue weighted by Gasteiger charge is 2.36. The zero-order chi connectivity index (χ0) is 15.4. The zero-order valence-electron chi connectivity index (χ0n) is 13.4. The lowest BCUT2D eigenvalue weighted by molar-refractivity contribution is -0.129. The van der Waals surface area contributed by atoms with Crippen LogP contribution in [0, 0.1) is 0 Å². The molecule has 0 aliphatic carbocycles. The van der Waals surface area contributed by atoms with E-state index in [1.54, 1.807) is 0 Å². The van der Waals surface area contributed by atoms with Crippen LogP contribution in [0.2, 0.25) is 0 Å². The Morgan fingerprint density at radius 2 is 1.95 bits per heavy atom. The molecule has 1 aliphatic rings. The van der Waals surface area contributed by atoms with E-state index < -0.39 is 0 Å². The minimum atomic E-state index is -0.0888. The summed E-state index contributed by atoms with van der Waals surface area (Å²) in [6.45, 7) is 7.17. The maximum Gasteiger partial charge on any atom is 0.241 e. The van der Waals surface area contributed by atoms with Gasteiger partial charge in [0, 0.05) is 6.54 Å². The molecule has 1 saturated heterocycles. The molecule has 1 N–H and O–H groups in total. The molecule has 2 atom stereocenters. The van der Waals surface area contributed by atoms with E-state index in [1.807, 2.05) is 23.6 Å². The largest absolute Gasteiger partial charge is 0.322 e. The van der Waals surface area contributed by atoms with Gasteiger partial charge in [0.15, 0.2) is 0 Å². The smallest absolute Gasteiger partial charge is 0.241 e. The third kappa shape index (κ3) is 3.80. The molecule has 21 heavy (non-hydrogen) atoms. The highest BCUT2D eigenvalue weighted by atomic mass is 32.2. The fraction of sp³-hybridized carbons (Fsp3) is 0.588. The van der Waals surface area contributed by atoms with Gasteiger partial charge < -0.3 is 4.90 Å². The normalized spacial score (nSPS) is 22.3. The topological polar surface area (TPSA) is 32.3 Å². The van der Waals surface area contributed by atoms with Crippen LogP contribution in [0.3, 0.4) is 0 Å². The second-order valence-corrected chi connectivity index (χ2v) is 6.98. The summed E-state index contributed by atoms with van der Waals surface area (Å²) in [6, 6.07) is 8.57. The summed E-state index contributed by atoms with van der Waals surface area (Å²) >= 11 is 1.83. The second kappa shape index (κ2) is 7.32. The summed E-state index contributed by atoms with van der Waals surface area (Å²) in [4.78, 5) is 14.3. The van der Waals surface area contributed by atoms with Crippen molar-refractivity contribution in [2.45, 2.75) is 45.3 Å². The first-order valence-corrected chi connectivity index (χ1v) is 9.09. The number of nitrogens with zero attached hydrogens (tertiary/aromatic N) is 1. The Labute approximate surface area is 132 Å². The SMILES string of the molecule is CSCCCN1C(=O)C(C)NC1c1ccc(C(C)C)cc1. The van der Waals surface area contributed by atoms with E-state index in [2.05, 4.69) is 49.7 Å². The Morgan fingerprint density at radius 3 is 2.52 bits per heavy atom. The lowest BCUT2D eigenvalue weighted by Gasteiger charge is -2.25. The van der Waals surface area contributed by atoms with Crippen LogP contribution in [-0.4, -0.2) is 35.4 Å². The first-order valence-electron chi connectivity index (χ1n) is 7.70. The van der Waals surface area contributed by atoms with Crippen molar-refractivity contribution in [2.24, 2.45) is 0 Å². The Morgan fingerprint density at radius 1 is 1.29 bits per heavy atom. The van der Waals surface area contributed by atoms with Gasteiger partial charge in [-0.05, 0) is 42.4 Å². The summed E-state index contributed by atoms with van der Waals surface area (Å²) < 4.78 is 0. The third-order valence-electron chi connectivity index (χ3n) is 4.04. The van der Waals surface area contributed by atoms with Gasteiger partial charge >= 0.3 is 0 Å². The molecule has 2 rings (SSSR count). The standard InChI is InChI=1S/C17H26N2OS/c1-12(2)14-6-8-15(9-7-14)16-18-13(3)17(20)19(16)10-5-11-21-4/h6-9,12-13,16,18H,5,10-11H2,1-4H3. The van der Waals surface area contributed by atoms with Crippen LogP contribution in [0.25, 0.3) is 0 Å². The highest BCUT2D eigenvalue weighted by Crippen LogP contribution is 2.27. The molecule has 0 spiro atoms. The van der Waals surface area contributed by atoms with Crippen LogP contribution in [0.15, 0.2) is 24.3 Å². The van der Waals surface area contributed by atoms with E-state index in [0.717, 1.165) is 18.7 Å². The maximum absolute atomic E-state index is 12.3. The molecule has 116 valence electrons. The van der Waals surface area contributed by atoms with Gasteiger partial charge in [0.1, 0.15) is 6.17 Å². The van der Waals surface area contributed by atoms with E-state index >= 15 is 0 Å². The number of hydrogen-bond donors (Lipinski definition) is 1. The fourth-order valence-corrected chi connectivity index (χ4v) is 3.15. The van der Waals surface area contributed by atoms with Crippen LogP contribution in [-0.2, 0) is 4.79 Å². The molecule has 1 aromatic rings. The minimum absolute atomic E-state index is 0.0237. The van der Waals surface area contributed by atoms with Gasteiger partial charge in [-0.2, -0.15) is 11.8 Å². The third-order valence-corrected chi connectivity index (χ3v) is 4.74. The number of benzene rings is 1. The molecule has 2 unspecified atom stereocenters. The molecule has 3 nitrogen and oxygen atoms in total. The Bertz CT molecular complexity index is 472.